The second-order valence-electron chi connectivity index (χ2n) is 10.9. The van der Waals surface area contributed by atoms with Gasteiger partial charge < -0.3 is 29.2 Å². The number of ether oxygens (including phenoxy) is 4. The summed E-state index contributed by atoms with van der Waals surface area (Å²) in [6.07, 6.45) is 16.1. The molecule has 3 fully saturated rings. The molecule has 1 aliphatic carbocycles. The van der Waals surface area contributed by atoms with Crippen LogP contribution in [0.3, 0.4) is 0 Å². The third-order valence-electron chi connectivity index (χ3n) is 7.79. The normalized spacial score (nSPS) is 34.1. The number of aliphatic hydroxyl groups is 2. The Hall–Kier alpha value is -0.350. The van der Waals surface area contributed by atoms with Gasteiger partial charge in [-0.3, -0.25) is 4.21 Å². The predicted octanol–water partition coefficient (Wildman–Crippen LogP) is 4.32. The topological polar surface area (TPSA) is 94.5 Å². The van der Waals surface area contributed by atoms with Crippen LogP contribution in [0.2, 0.25) is 0 Å². The van der Waals surface area contributed by atoms with Crippen LogP contribution in [0.5, 0.6) is 0 Å². The van der Waals surface area contributed by atoms with E-state index in [-0.39, 0.29) is 42.2 Å². The van der Waals surface area contributed by atoms with Crippen molar-refractivity contribution in [3.05, 3.63) is 12.2 Å². The lowest BCUT2D eigenvalue weighted by atomic mass is 9.85. The lowest BCUT2D eigenvalue weighted by Gasteiger charge is -2.29. The molecule has 2 aliphatic heterocycles. The van der Waals surface area contributed by atoms with Crippen molar-refractivity contribution in [3.8, 4) is 0 Å². The molecule has 0 amide bonds. The van der Waals surface area contributed by atoms with E-state index in [4.69, 9.17) is 18.9 Å². The molecule has 0 aromatic carbocycles. The minimum Gasteiger partial charge on any atom is -0.393 e. The zero-order valence-electron chi connectivity index (χ0n) is 22.4. The van der Waals surface area contributed by atoms with E-state index in [1.54, 1.807) is 6.26 Å². The first-order valence-electron chi connectivity index (χ1n) is 14.3. The number of rotatable bonds is 15. The molecule has 8 heteroatoms. The van der Waals surface area contributed by atoms with Gasteiger partial charge in [0.2, 0.25) is 0 Å². The third-order valence-corrected chi connectivity index (χ3v) is 8.64. The molecule has 0 bridgehead atoms. The molecule has 0 spiro atoms. The van der Waals surface area contributed by atoms with Gasteiger partial charge in [0.25, 0.3) is 0 Å². The first kappa shape index (κ1) is 30.2. The van der Waals surface area contributed by atoms with E-state index in [1.807, 2.05) is 0 Å². The van der Waals surface area contributed by atoms with E-state index in [0.717, 1.165) is 71.0 Å². The fraction of sp³-hybridized carbons (Fsp3) is 0.929. The van der Waals surface area contributed by atoms with E-state index < -0.39 is 23.0 Å². The lowest BCUT2D eigenvalue weighted by molar-refractivity contribution is -0.179. The van der Waals surface area contributed by atoms with E-state index in [9.17, 15) is 14.4 Å². The van der Waals surface area contributed by atoms with Crippen molar-refractivity contribution in [2.75, 3.05) is 31.8 Å². The molecule has 0 aromatic rings. The fourth-order valence-electron chi connectivity index (χ4n) is 5.84. The SMILES string of the molecule is CCCCCC(C=CC1C(COC2CCCCO2)CC(O)C1CC(O)CS(C)=O)OC1CCCCO1. The van der Waals surface area contributed by atoms with Crippen molar-refractivity contribution in [1.29, 1.82) is 0 Å². The summed E-state index contributed by atoms with van der Waals surface area (Å²) in [6, 6.07) is 0. The van der Waals surface area contributed by atoms with Gasteiger partial charge >= 0.3 is 0 Å². The van der Waals surface area contributed by atoms with Gasteiger partial charge in [-0.25, -0.2) is 0 Å². The molecule has 9 atom stereocenters. The van der Waals surface area contributed by atoms with E-state index >= 15 is 0 Å². The molecule has 2 heterocycles. The van der Waals surface area contributed by atoms with E-state index in [2.05, 4.69) is 19.1 Å². The van der Waals surface area contributed by atoms with Gasteiger partial charge in [0, 0.05) is 36.0 Å². The lowest BCUT2D eigenvalue weighted by Crippen LogP contribution is -2.30. The summed E-state index contributed by atoms with van der Waals surface area (Å²) in [6.45, 7) is 4.22. The highest BCUT2D eigenvalue weighted by Gasteiger charge is 2.42. The van der Waals surface area contributed by atoms with Gasteiger partial charge in [-0.1, -0.05) is 38.3 Å². The molecule has 2 saturated heterocycles. The van der Waals surface area contributed by atoms with Crippen molar-refractivity contribution in [1.82, 2.24) is 0 Å². The van der Waals surface area contributed by atoms with Gasteiger partial charge in [-0.2, -0.15) is 0 Å². The summed E-state index contributed by atoms with van der Waals surface area (Å²) >= 11 is 0. The number of unbranched alkanes of at least 4 members (excludes halogenated alkanes) is 2. The summed E-state index contributed by atoms with van der Waals surface area (Å²) < 4.78 is 35.8. The average Bonchev–Trinajstić information content (AvgIpc) is 3.15. The second-order valence-corrected chi connectivity index (χ2v) is 12.4. The van der Waals surface area contributed by atoms with Crippen LogP contribution in [-0.2, 0) is 29.7 Å². The smallest absolute Gasteiger partial charge is 0.158 e. The highest BCUT2D eigenvalue weighted by Crippen LogP contribution is 2.42. The van der Waals surface area contributed by atoms with Crippen LogP contribution in [0.25, 0.3) is 0 Å². The first-order chi connectivity index (χ1) is 17.5. The van der Waals surface area contributed by atoms with Crippen molar-refractivity contribution < 1.29 is 33.4 Å². The van der Waals surface area contributed by atoms with Crippen molar-refractivity contribution in [3.63, 3.8) is 0 Å². The summed E-state index contributed by atoms with van der Waals surface area (Å²) in [5.74, 6) is 0.308. The summed E-state index contributed by atoms with van der Waals surface area (Å²) in [5, 5.41) is 21.5. The Morgan fingerprint density at radius 1 is 1.08 bits per heavy atom. The Labute approximate surface area is 220 Å². The Balaban J connectivity index is 1.69. The van der Waals surface area contributed by atoms with E-state index in [1.165, 1.54) is 6.42 Å². The largest absolute Gasteiger partial charge is 0.393 e. The maximum Gasteiger partial charge on any atom is 0.158 e. The predicted molar refractivity (Wildman–Crippen MR) is 142 cm³/mol. The van der Waals surface area contributed by atoms with Crippen LogP contribution in [0.4, 0.5) is 0 Å². The zero-order chi connectivity index (χ0) is 25.8. The number of allylic oxidation sites excluding steroid dienone is 1. The van der Waals surface area contributed by atoms with Crippen LogP contribution in [0.1, 0.15) is 84.0 Å². The van der Waals surface area contributed by atoms with Crippen LogP contribution >= 0.6 is 0 Å². The van der Waals surface area contributed by atoms with Gasteiger partial charge in [-0.15, -0.1) is 0 Å². The molecule has 2 N–H and O–H groups in total. The Kier molecular flexibility index (Phi) is 13.9. The minimum atomic E-state index is -1.08. The first-order valence-corrected chi connectivity index (χ1v) is 16.0. The molecule has 1 saturated carbocycles. The van der Waals surface area contributed by atoms with Crippen molar-refractivity contribution >= 4 is 10.8 Å². The molecule has 3 rings (SSSR count). The monoisotopic (exact) mass is 530 g/mol. The van der Waals surface area contributed by atoms with Gasteiger partial charge in [-0.05, 0) is 75.5 Å². The molecule has 3 aliphatic rings. The highest BCUT2D eigenvalue weighted by molar-refractivity contribution is 7.84. The van der Waals surface area contributed by atoms with Gasteiger partial charge in [0.15, 0.2) is 12.6 Å². The highest BCUT2D eigenvalue weighted by atomic mass is 32.2. The zero-order valence-corrected chi connectivity index (χ0v) is 23.2. The number of aliphatic hydroxyl groups excluding tert-OH is 2. The average molecular weight is 531 g/mol. The van der Waals surface area contributed by atoms with Crippen LogP contribution < -0.4 is 0 Å². The summed E-state index contributed by atoms with van der Waals surface area (Å²) in [7, 11) is -1.08. The molecular weight excluding hydrogens is 480 g/mol. The molecule has 9 unspecified atom stereocenters. The van der Waals surface area contributed by atoms with Crippen LogP contribution in [0, 0.1) is 17.8 Å². The van der Waals surface area contributed by atoms with Gasteiger partial charge in [0.05, 0.1) is 24.9 Å². The summed E-state index contributed by atoms with van der Waals surface area (Å²) in [4.78, 5) is 0. The Morgan fingerprint density at radius 3 is 2.44 bits per heavy atom. The second kappa shape index (κ2) is 16.6. The summed E-state index contributed by atoms with van der Waals surface area (Å²) in [5.41, 5.74) is 0. The van der Waals surface area contributed by atoms with Crippen molar-refractivity contribution in [2.24, 2.45) is 17.8 Å². The quantitative estimate of drug-likeness (QED) is 0.241. The molecule has 210 valence electrons. The number of hydrogen-bond donors (Lipinski definition) is 2. The van der Waals surface area contributed by atoms with Crippen LogP contribution in [0.15, 0.2) is 12.2 Å². The molecule has 0 radical (unpaired) electrons. The van der Waals surface area contributed by atoms with Crippen molar-refractivity contribution in [2.45, 2.75) is 115 Å². The molecule has 36 heavy (non-hydrogen) atoms. The molecular formula is C28H50O7S. The van der Waals surface area contributed by atoms with Crippen LogP contribution in [-0.4, -0.2) is 77.1 Å². The third kappa shape index (κ3) is 10.4. The maximum atomic E-state index is 11.7. The van der Waals surface area contributed by atoms with Gasteiger partial charge in [0.1, 0.15) is 0 Å². The standard InChI is InChI=1S/C28H50O7S/c1-3-4-5-10-23(35-28-12-7-9-16-33-28)13-14-24-21(19-34-27-11-6-8-15-32-27)17-26(30)25(24)18-22(29)20-36(2)31/h13-14,21-30H,3-12,15-20H2,1-2H3. The Morgan fingerprint density at radius 2 is 1.81 bits per heavy atom. The molecule has 0 aromatic heterocycles. The molecule has 7 nitrogen and oxygen atoms in total. The number of hydrogen-bond acceptors (Lipinski definition) is 7. The fourth-order valence-corrected chi connectivity index (χ4v) is 6.52. The Bertz CT molecular complexity index is 648. The van der Waals surface area contributed by atoms with E-state index in [0.29, 0.717) is 19.4 Å². The maximum absolute atomic E-state index is 11.7. The minimum absolute atomic E-state index is 0.0330.